The molecule has 54 heavy (non-hydrogen) atoms. The predicted molar refractivity (Wildman–Crippen MR) is 208 cm³/mol. The normalized spacial score (nSPS) is 26.8. The van der Waals surface area contributed by atoms with Crippen molar-refractivity contribution in [3.63, 3.8) is 0 Å². The number of hydrogen-bond donors (Lipinski definition) is 4. The van der Waals surface area contributed by atoms with Gasteiger partial charge in [-0.15, -0.1) is 6.42 Å². The van der Waals surface area contributed by atoms with Crippen LogP contribution in [0.3, 0.4) is 0 Å². The number of nitrogens with one attached hydrogen (secondary N) is 4. The van der Waals surface area contributed by atoms with Crippen molar-refractivity contribution in [1.82, 2.24) is 26.2 Å². The lowest BCUT2D eigenvalue weighted by Gasteiger charge is -2.44. The van der Waals surface area contributed by atoms with E-state index in [9.17, 15) is 32.4 Å². The quantitative estimate of drug-likeness (QED) is 0.141. The van der Waals surface area contributed by atoms with Gasteiger partial charge < -0.3 is 26.2 Å². The molecule has 13 heteroatoms. The highest BCUT2D eigenvalue weighted by Crippen LogP contribution is 2.65. The molecular formula is C41H65N5O7S. The van der Waals surface area contributed by atoms with E-state index >= 15 is 0 Å². The third kappa shape index (κ3) is 8.63. The summed E-state index contributed by atoms with van der Waals surface area (Å²) in [7, 11) is -3.59. The lowest BCUT2D eigenvalue weighted by atomic mass is 9.70. The van der Waals surface area contributed by atoms with Crippen molar-refractivity contribution in [3.05, 3.63) is 0 Å². The Kier molecular flexibility index (Phi) is 12.6. The van der Waals surface area contributed by atoms with Crippen LogP contribution in [0.25, 0.3) is 0 Å². The van der Waals surface area contributed by atoms with Crippen molar-refractivity contribution in [2.45, 2.75) is 166 Å². The van der Waals surface area contributed by atoms with Crippen LogP contribution in [0.4, 0.5) is 4.79 Å². The highest BCUT2D eigenvalue weighted by molar-refractivity contribution is 7.92. The van der Waals surface area contributed by atoms with Gasteiger partial charge in [0.15, 0.2) is 9.84 Å². The summed E-state index contributed by atoms with van der Waals surface area (Å²) in [6.45, 7) is 11.7. The minimum Gasteiger partial charge on any atom is -0.344 e. The van der Waals surface area contributed by atoms with E-state index in [1.807, 2.05) is 13.8 Å². The van der Waals surface area contributed by atoms with Gasteiger partial charge in [-0.3, -0.25) is 19.2 Å². The Morgan fingerprint density at radius 1 is 0.907 bits per heavy atom. The maximum atomic E-state index is 15.0. The average Bonchev–Trinajstić information content (AvgIpc) is 3.40. The average molecular weight is 772 g/mol. The Hall–Kier alpha value is -3.14. The molecular weight excluding hydrogens is 707 g/mol. The molecule has 5 aliphatic rings. The molecule has 5 rings (SSSR count). The molecule has 4 saturated carbocycles. The molecule has 1 heterocycles. The fourth-order valence-corrected chi connectivity index (χ4v) is 11.7. The van der Waals surface area contributed by atoms with Gasteiger partial charge in [-0.05, 0) is 81.0 Å². The zero-order valence-corrected chi connectivity index (χ0v) is 34.3. The van der Waals surface area contributed by atoms with Crippen LogP contribution in [-0.2, 0) is 29.0 Å². The van der Waals surface area contributed by atoms with Crippen LogP contribution in [-0.4, -0.2) is 90.1 Å². The van der Waals surface area contributed by atoms with Gasteiger partial charge in [0.2, 0.25) is 17.6 Å². The molecule has 0 aromatic carbocycles. The molecule has 302 valence electrons. The second-order valence-electron chi connectivity index (χ2n) is 18.7. The fraction of sp³-hybridized carbons (Fsp3) is 0.829. The molecule has 0 spiro atoms. The molecule has 4 N–H and O–H groups in total. The molecule has 5 amide bonds. The highest BCUT2D eigenvalue weighted by atomic mass is 32.2. The number of hydrogen-bond acceptors (Lipinski definition) is 7. The molecule has 2 unspecified atom stereocenters. The first kappa shape index (κ1) is 42.0. The van der Waals surface area contributed by atoms with Gasteiger partial charge in [0.05, 0.1) is 28.6 Å². The number of terminal acetylenes is 1. The highest BCUT2D eigenvalue weighted by Gasteiger charge is 2.70. The van der Waals surface area contributed by atoms with Crippen molar-refractivity contribution >= 4 is 39.4 Å². The minimum absolute atomic E-state index is 0.0585. The first-order valence-electron chi connectivity index (χ1n) is 20.5. The smallest absolute Gasteiger partial charge is 0.315 e. The van der Waals surface area contributed by atoms with Crippen LogP contribution in [0.15, 0.2) is 0 Å². The number of likely N-dealkylation sites (tertiary alicyclic amines) is 1. The van der Waals surface area contributed by atoms with Gasteiger partial charge in [0.25, 0.3) is 5.91 Å². The van der Waals surface area contributed by atoms with Crippen LogP contribution < -0.4 is 21.3 Å². The van der Waals surface area contributed by atoms with Crippen molar-refractivity contribution in [2.75, 3.05) is 18.8 Å². The van der Waals surface area contributed by atoms with Crippen molar-refractivity contribution < 1.29 is 32.4 Å². The Balaban J connectivity index is 1.40. The Morgan fingerprint density at radius 3 is 2.07 bits per heavy atom. The Labute approximate surface area is 323 Å². The van der Waals surface area contributed by atoms with E-state index in [1.165, 1.54) is 0 Å². The van der Waals surface area contributed by atoms with Gasteiger partial charge in [0, 0.05) is 6.54 Å². The zero-order chi connectivity index (χ0) is 39.7. The maximum Gasteiger partial charge on any atom is 0.315 e. The van der Waals surface area contributed by atoms with E-state index in [1.54, 1.807) is 18.7 Å². The van der Waals surface area contributed by atoms with E-state index in [4.69, 9.17) is 6.42 Å². The summed E-state index contributed by atoms with van der Waals surface area (Å²) in [5, 5.41) is 11.5. The summed E-state index contributed by atoms with van der Waals surface area (Å²) in [5.74, 6) is -0.157. The van der Waals surface area contributed by atoms with Crippen molar-refractivity contribution in [1.29, 1.82) is 0 Å². The number of sulfone groups is 1. The van der Waals surface area contributed by atoms with E-state index in [2.05, 4.69) is 41.0 Å². The Bertz CT molecular complexity index is 1600. The number of carbonyl (C=O) groups is 5. The number of piperidine rings is 1. The summed E-state index contributed by atoms with van der Waals surface area (Å²) >= 11 is 0. The maximum absolute atomic E-state index is 15.0. The second-order valence-corrected chi connectivity index (χ2v) is 21.3. The molecule has 5 fully saturated rings. The van der Waals surface area contributed by atoms with E-state index in [-0.39, 0.29) is 41.4 Å². The number of fused-ring (bicyclic) bond motifs is 1. The SMILES string of the molecule is C#CCNC(=O)C(=O)C(CC1CCC1)NC(=O)[C@@H]1[C@@H]2C(CN1C(=O)[C@@H](NC(=O)NC1(CS(=O)(=O)C(C)(C)CC)CCCCC1)C1(C)CCCCC1)C2(C)C. The third-order valence-corrected chi connectivity index (χ3v) is 17.2. The second kappa shape index (κ2) is 16.1. The lowest BCUT2D eigenvalue weighted by molar-refractivity contribution is -0.146. The summed E-state index contributed by atoms with van der Waals surface area (Å²) in [6.07, 6.45) is 16.8. The molecule has 0 bridgehead atoms. The van der Waals surface area contributed by atoms with Gasteiger partial charge in [-0.25, -0.2) is 13.2 Å². The predicted octanol–water partition coefficient (Wildman–Crippen LogP) is 4.41. The van der Waals surface area contributed by atoms with E-state index in [0.29, 0.717) is 45.1 Å². The monoisotopic (exact) mass is 771 g/mol. The topological polar surface area (TPSA) is 171 Å². The molecule has 0 aromatic heterocycles. The van der Waals surface area contributed by atoms with Gasteiger partial charge in [-0.2, -0.15) is 0 Å². The molecule has 1 aliphatic heterocycles. The van der Waals surface area contributed by atoms with Gasteiger partial charge in [-0.1, -0.05) is 91.4 Å². The van der Waals surface area contributed by atoms with Crippen LogP contribution in [0, 0.1) is 40.9 Å². The summed E-state index contributed by atoms with van der Waals surface area (Å²) in [5.41, 5.74) is -1.76. The van der Waals surface area contributed by atoms with Gasteiger partial charge >= 0.3 is 6.03 Å². The zero-order valence-electron chi connectivity index (χ0n) is 33.5. The van der Waals surface area contributed by atoms with Gasteiger partial charge in [0.1, 0.15) is 12.1 Å². The first-order chi connectivity index (χ1) is 25.3. The number of carbonyl (C=O) groups excluding carboxylic acids is 5. The summed E-state index contributed by atoms with van der Waals surface area (Å²) in [6, 6.07) is -3.45. The first-order valence-corrected chi connectivity index (χ1v) is 22.1. The molecule has 4 aliphatic carbocycles. The number of nitrogens with zero attached hydrogens (tertiary/aromatic N) is 1. The van der Waals surface area contributed by atoms with Crippen molar-refractivity contribution in [2.24, 2.45) is 28.6 Å². The molecule has 12 nitrogen and oxygen atoms in total. The lowest BCUT2D eigenvalue weighted by Crippen LogP contribution is -2.65. The molecule has 0 aromatic rings. The number of urea groups is 1. The van der Waals surface area contributed by atoms with Crippen LogP contribution in [0.1, 0.15) is 138 Å². The number of rotatable bonds is 15. The number of ketones is 1. The summed E-state index contributed by atoms with van der Waals surface area (Å²) < 4.78 is 26.4. The molecule has 0 radical (unpaired) electrons. The Morgan fingerprint density at radius 2 is 1.52 bits per heavy atom. The molecule has 1 saturated heterocycles. The standard InChI is InChI=1S/C41H65N5O7S/c1-8-23-42-35(49)32(47)29(24-27-17-16-18-27)43-34(48)31-30-28(39(30,5)6)25-46(31)36(50)33(40(7)19-12-10-13-20-40)44-37(51)45-41(21-14-11-15-22-41)26-54(52,53)38(3,4)9-2/h1,27-31,33H,9-26H2,2-7H3,(H,42,49)(H,43,48)(H2,44,45,51)/t28?,29?,30-,31-,33+/m0/s1. The molecule has 5 atom stereocenters. The summed E-state index contributed by atoms with van der Waals surface area (Å²) in [4.78, 5) is 71.3. The van der Waals surface area contributed by atoms with Crippen LogP contribution >= 0.6 is 0 Å². The number of Topliss-reactive ketones (excluding diaryl/α,β-unsaturated/α-hetero) is 1. The third-order valence-electron chi connectivity index (χ3n) is 14.3. The van der Waals surface area contributed by atoms with Crippen LogP contribution in [0.2, 0.25) is 0 Å². The van der Waals surface area contributed by atoms with E-state index < -0.39 is 67.3 Å². The van der Waals surface area contributed by atoms with E-state index in [0.717, 1.165) is 57.8 Å². The fourth-order valence-electron chi connectivity index (χ4n) is 9.81. The minimum atomic E-state index is -3.59. The van der Waals surface area contributed by atoms with Crippen molar-refractivity contribution in [3.8, 4) is 12.3 Å². The van der Waals surface area contributed by atoms with Crippen LogP contribution in [0.5, 0.6) is 0 Å². The largest absolute Gasteiger partial charge is 0.344 e. The number of amides is 5.